The quantitative estimate of drug-likeness (QED) is 0.870. The molecule has 1 aliphatic rings. The van der Waals surface area contributed by atoms with E-state index in [-0.39, 0.29) is 0 Å². The first-order valence-corrected chi connectivity index (χ1v) is 7.23. The van der Waals surface area contributed by atoms with Gasteiger partial charge in [0.2, 0.25) is 0 Å². The van der Waals surface area contributed by atoms with Gasteiger partial charge in [-0.2, -0.15) is 0 Å². The highest BCUT2D eigenvalue weighted by atomic mass is 32.1. The molecule has 0 amide bonds. The number of fused-ring (bicyclic) bond motifs is 1. The second kappa shape index (κ2) is 4.60. The zero-order chi connectivity index (χ0) is 13.6. The summed E-state index contributed by atoms with van der Waals surface area (Å²) in [4.78, 5) is 5.41. The van der Waals surface area contributed by atoms with Crippen molar-refractivity contribution >= 4 is 28.2 Å². The van der Waals surface area contributed by atoms with Gasteiger partial charge < -0.3 is 10.3 Å². The van der Waals surface area contributed by atoms with Crippen molar-refractivity contribution in [2.75, 3.05) is 0 Å². The zero-order valence-electron chi connectivity index (χ0n) is 11.4. The number of aromatic nitrogens is 2. The van der Waals surface area contributed by atoms with Crippen LogP contribution in [0.25, 0.3) is 11.0 Å². The van der Waals surface area contributed by atoms with E-state index in [1.807, 2.05) is 0 Å². The van der Waals surface area contributed by atoms with Gasteiger partial charge in [-0.1, -0.05) is 12.2 Å². The van der Waals surface area contributed by atoms with E-state index in [0.717, 1.165) is 18.5 Å². The van der Waals surface area contributed by atoms with Gasteiger partial charge in [0, 0.05) is 18.9 Å². The van der Waals surface area contributed by atoms with E-state index in [1.54, 1.807) is 0 Å². The van der Waals surface area contributed by atoms with Crippen LogP contribution in [0.3, 0.4) is 0 Å². The molecule has 0 spiro atoms. The molecule has 0 unspecified atom stereocenters. The van der Waals surface area contributed by atoms with Gasteiger partial charge in [-0.25, -0.2) is 4.98 Å². The maximum atomic E-state index is 5.65. The second-order valence-electron chi connectivity index (χ2n) is 5.54. The van der Waals surface area contributed by atoms with Gasteiger partial charge in [0.05, 0.1) is 16.0 Å². The SMILES string of the molecule is Cc1cc2nc(C3CC3)n(CCC(N)=S)c2cc1C. The van der Waals surface area contributed by atoms with E-state index in [0.29, 0.717) is 10.9 Å². The van der Waals surface area contributed by atoms with Gasteiger partial charge in [0.25, 0.3) is 0 Å². The third-order valence-electron chi connectivity index (χ3n) is 3.92. The van der Waals surface area contributed by atoms with Gasteiger partial charge in [0.15, 0.2) is 0 Å². The number of rotatable bonds is 4. The van der Waals surface area contributed by atoms with Crippen LogP contribution in [0.15, 0.2) is 12.1 Å². The Morgan fingerprint density at radius 1 is 1.37 bits per heavy atom. The molecular weight excluding hydrogens is 254 g/mol. The number of imidazole rings is 1. The van der Waals surface area contributed by atoms with E-state index in [4.69, 9.17) is 22.9 Å². The number of aryl methyl sites for hydroxylation is 3. The normalized spacial score (nSPS) is 15.1. The van der Waals surface area contributed by atoms with Crippen molar-refractivity contribution in [3.63, 3.8) is 0 Å². The molecule has 0 aliphatic heterocycles. The predicted molar refractivity (Wildman–Crippen MR) is 82.6 cm³/mol. The topological polar surface area (TPSA) is 43.8 Å². The van der Waals surface area contributed by atoms with Crippen LogP contribution in [0.2, 0.25) is 0 Å². The minimum Gasteiger partial charge on any atom is -0.393 e. The fraction of sp³-hybridized carbons (Fsp3) is 0.467. The van der Waals surface area contributed by atoms with Crippen LogP contribution in [0, 0.1) is 13.8 Å². The van der Waals surface area contributed by atoms with Gasteiger partial charge in [-0.3, -0.25) is 0 Å². The number of hydrogen-bond acceptors (Lipinski definition) is 2. The highest BCUT2D eigenvalue weighted by molar-refractivity contribution is 7.80. The highest BCUT2D eigenvalue weighted by Crippen LogP contribution is 2.41. The first-order valence-electron chi connectivity index (χ1n) is 6.82. The average molecular weight is 273 g/mol. The number of nitrogens with zero attached hydrogens (tertiary/aromatic N) is 2. The highest BCUT2D eigenvalue weighted by Gasteiger charge is 2.29. The molecule has 0 radical (unpaired) electrons. The Balaban J connectivity index is 2.11. The molecule has 0 atom stereocenters. The molecule has 2 aromatic rings. The Kier molecular flexibility index (Phi) is 3.05. The first-order chi connectivity index (χ1) is 9.06. The van der Waals surface area contributed by atoms with Gasteiger partial charge in [-0.05, 0) is 49.9 Å². The molecule has 0 saturated heterocycles. The molecule has 19 heavy (non-hydrogen) atoms. The Morgan fingerprint density at radius 3 is 2.68 bits per heavy atom. The Morgan fingerprint density at radius 2 is 2.05 bits per heavy atom. The molecular formula is C15H19N3S. The second-order valence-corrected chi connectivity index (χ2v) is 6.06. The standard InChI is InChI=1S/C15H19N3S/c1-9-7-12-13(8-10(9)2)18(6-5-14(16)19)15(17-12)11-3-4-11/h7-8,11H,3-6H2,1-2H3,(H2,16,19). The summed E-state index contributed by atoms with van der Waals surface area (Å²) < 4.78 is 2.32. The van der Waals surface area contributed by atoms with Crippen LogP contribution in [0.4, 0.5) is 0 Å². The van der Waals surface area contributed by atoms with Crippen LogP contribution in [-0.4, -0.2) is 14.5 Å². The fourth-order valence-corrected chi connectivity index (χ4v) is 2.60. The molecule has 4 heteroatoms. The van der Waals surface area contributed by atoms with Gasteiger partial charge >= 0.3 is 0 Å². The van der Waals surface area contributed by atoms with E-state index in [9.17, 15) is 0 Å². The molecule has 1 aliphatic carbocycles. The van der Waals surface area contributed by atoms with Gasteiger partial charge in [-0.15, -0.1) is 0 Å². The monoisotopic (exact) mass is 273 g/mol. The van der Waals surface area contributed by atoms with Crippen molar-refractivity contribution in [1.82, 2.24) is 9.55 Å². The van der Waals surface area contributed by atoms with Crippen LogP contribution in [0.5, 0.6) is 0 Å². The van der Waals surface area contributed by atoms with Crippen LogP contribution in [0.1, 0.15) is 42.1 Å². The fourth-order valence-electron chi connectivity index (χ4n) is 2.51. The summed E-state index contributed by atoms with van der Waals surface area (Å²) in [6, 6.07) is 4.43. The maximum absolute atomic E-state index is 5.65. The maximum Gasteiger partial charge on any atom is 0.113 e. The van der Waals surface area contributed by atoms with Crippen LogP contribution in [-0.2, 0) is 6.54 Å². The lowest BCUT2D eigenvalue weighted by Gasteiger charge is -2.08. The summed E-state index contributed by atoms with van der Waals surface area (Å²) in [7, 11) is 0. The number of hydrogen-bond donors (Lipinski definition) is 1. The van der Waals surface area contributed by atoms with E-state index in [2.05, 4.69) is 30.5 Å². The van der Waals surface area contributed by atoms with Crippen molar-refractivity contribution in [2.45, 2.75) is 45.6 Å². The zero-order valence-corrected chi connectivity index (χ0v) is 12.3. The molecule has 100 valence electrons. The number of benzene rings is 1. The lowest BCUT2D eigenvalue weighted by atomic mass is 10.1. The minimum absolute atomic E-state index is 0.576. The molecule has 1 aromatic carbocycles. The molecule has 1 heterocycles. The number of thiocarbonyl (C=S) groups is 1. The summed E-state index contributed by atoms with van der Waals surface area (Å²) >= 11 is 5.01. The molecule has 1 saturated carbocycles. The Labute approximate surface area is 118 Å². The minimum atomic E-state index is 0.576. The van der Waals surface area contributed by atoms with Crippen molar-refractivity contribution < 1.29 is 0 Å². The van der Waals surface area contributed by atoms with Crippen molar-refractivity contribution in [3.05, 3.63) is 29.1 Å². The predicted octanol–water partition coefficient (Wildman–Crippen LogP) is 3.21. The lowest BCUT2D eigenvalue weighted by Crippen LogP contribution is -2.13. The summed E-state index contributed by atoms with van der Waals surface area (Å²) in [5, 5.41) is 0. The Bertz CT molecular complexity index is 653. The molecule has 3 nitrogen and oxygen atoms in total. The lowest BCUT2D eigenvalue weighted by molar-refractivity contribution is 0.693. The smallest absolute Gasteiger partial charge is 0.113 e. The summed E-state index contributed by atoms with van der Waals surface area (Å²) in [6.45, 7) is 5.14. The third-order valence-corrected chi connectivity index (χ3v) is 4.12. The Hall–Kier alpha value is -1.42. The van der Waals surface area contributed by atoms with Crippen molar-refractivity contribution in [2.24, 2.45) is 5.73 Å². The summed E-state index contributed by atoms with van der Waals surface area (Å²) in [6.07, 6.45) is 3.26. The van der Waals surface area contributed by atoms with Crippen LogP contribution >= 0.6 is 12.2 Å². The molecule has 0 bridgehead atoms. The first kappa shape index (κ1) is 12.6. The molecule has 1 aromatic heterocycles. The van der Waals surface area contributed by atoms with Crippen molar-refractivity contribution in [1.29, 1.82) is 0 Å². The van der Waals surface area contributed by atoms with E-state index < -0.39 is 0 Å². The number of nitrogens with two attached hydrogens (primary N) is 1. The van der Waals surface area contributed by atoms with Crippen LogP contribution < -0.4 is 5.73 Å². The van der Waals surface area contributed by atoms with E-state index in [1.165, 1.54) is 35.3 Å². The van der Waals surface area contributed by atoms with E-state index >= 15 is 0 Å². The largest absolute Gasteiger partial charge is 0.393 e. The van der Waals surface area contributed by atoms with Crippen molar-refractivity contribution in [3.8, 4) is 0 Å². The van der Waals surface area contributed by atoms with Gasteiger partial charge in [0.1, 0.15) is 5.82 Å². The average Bonchev–Trinajstić information content (AvgIpc) is 3.12. The third kappa shape index (κ3) is 2.37. The summed E-state index contributed by atoms with van der Waals surface area (Å²) in [5.74, 6) is 1.86. The molecule has 2 N–H and O–H groups in total. The summed E-state index contributed by atoms with van der Waals surface area (Å²) in [5.41, 5.74) is 10.6. The molecule has 1 fully saturated rings. The molecule has 3 rings (SSSR count).